The average molecular weight is 231 g/mol. The van der Waals surface area contributed by atoms with E-state index < -0.39 is 0 Å². The molecule has 0 atom stereocenters. The van der Waals surface area contributed by atoms with Crippen LogP contribution in [-0.2, 0) is 6.54 Å². The van der Waals surface area contributed by atoms with E-state index in [-0.39, 0.29) is 0 Å². The van der Waals surface area contributed by atoms with Gasteiger partial charge in [0.15, 0.2) is 5.82 Å². The van der Waals surface area contributed by atoms with Gasteiger partial charge < -0.3 is 5.32 Å². The third-order valence-electron chi connectivity index (χ3n) is 2.47. The SMILES string of the molecule is CCNCc1cnc(-n2nc(C)cc2C)cn1. The highest BCUT2D eigenvalue weighted by molar-refractivity contribution is 5.23. The highest BCUT2D eigenvalue weighted by Gasteiger charge is 2.05. The van der Waals surface area contributed by atoms with Crippen LogP contribution in [-0.4, -0.2) is 26.3 Å². The van der Waals surface area contributed by atoms with Crippen molar-refractivity contribution >= 4 is 0 Å². The Morgan fingerprint density at radius 3 is 2.59 bits per heavy atom. The molecule has 90 valence electrons. The molecule has 2 aromatic rings. The van der Waals surface area contributed by atoms with Crippen molar-refractivity contribution in [1.82, 2.24) is 25.1 Å². The summed E-state index contributed by atoms with van der Waals surface area (Å²) in [4.78, 5) is 8.73. The fourth-order valence-electron chi connectivity index (χ4n) is 1.66. The fraction of sp³-hybridized carbons (Fsp3) is 0.417. The highest BCUT2D eigenvalue weighted by atomic mass is 15.3. The van der Waals surface area contributed by atoms with E-state index >= 15 is 0 Å². The summed E-state index contributed by atoms with van der Waals surface area (Å²) in [5.74, 6) is 0.760. The zero-order chi connectivity index (χ0) is 12.3. The smallest absolute Gasteiger partial charge is 0.172 e. The van der Waals surface area contributed by atoms with Crippen LogP contribution in [0.3, 0.4) is 0 Å². The standard InChI is InChI=1S/C12H17N5/c1-4-13-6-11-7-15-12(8-14-11)17-10(3)5-9(2)16-17/h5,7-8,13H,4,6H2,1-3H3. The number of hydrogen-bond donors (Lipinski definition) is 1. The van der Waals surface area contributed by atoms with Crippen LogP contribution in [0.4, 0.5) is 0 Å². The summed E-state index contributed by atoms with van der Waals surface area (Å²) < 4.78 is 1.80. The van der Waals surface area contributed by atoms with Gasteiger partial charge in [-0.3, -0.25) is 4.98 Å². The first-order valence-electron chi connectivity index (χ1n) is 5.76. The molecule has 0 radical (unpaired) electrons. The Hall–Kier alpha value is -1.75. The summed E-state index contributed by atoms with van der Waals surface area (Å²) in [6, 6.07) is 2.02. The van der Waals surface area contributed by atoms with E-state index in [0.29, 0.717) is 0 Å². The fourth-order valence-corrected chi connectivity index (χ4v) is 1.66. The summed E-state index contributed by atoms with van der Waals surface area (Å²) in [6.07, 6.45) is 3.54. The van der Waals surface area contributed by atoms with Gasteiger partial charge in [-0.15, -0.1) is 0 Å². The van der Waals surface area contributed by atoms with Gasteiger partial charge in [-0.1, -0.05) is 6.92 Å². The first-order chi connectivity index (χ1) is 8.20. The lowest BCUT2D eigenvalue weighted by Gasteiger charge is -2.04. The predicted octanol–water partition coefficient (Wildman–Crippen LogP) is 1.39. The van der Waals surface area contributed by atoms with Crippen molar-refractivity contribution in [2.75, 3.05) is 6.54 Å². The van der Waals surface area contributed by atoms with Crippen molar-refractivity contribution in [3.63, 3.8) is 0 Å². The van der Waals surface area contributed by atoms with Crippen molar-refractivity contribution in [1.29, 1.82) is 0 Å². The molecule has 0 saturated carbocycles. The zero-order valence-corrected chi connectivity index (χ0v) is 10.4. The maximum Gasteiger partial charge on any atom is 0.172 e. The molecule has 0 spiro atoms. The molecule has 5 heteroatoms. The van der Waals surface area contributed by atoms with Gasteiger partial charge >= 0.3 is 0 Å². The molecule has 17 heavy (non-hydrogen) atoms. The highest BCUT2D eigenvalue weighted by Crippen LogP contribution is 2.08. The Morgan fingerprint density at radius 1 is 1.24 bits per heavy atom. The van der Waals surface area contributed by atoms with E-state index in [2.05, 4.69) is 27.3 Å². The molecule has 0 amide bonds. The van der Waals surface area contributed by atoms with Crippen LogP contribution < -0.4 is 5.32 Å². The molecular weight excluding hydrogens is 214 g/mol. The maximum atomic E-state index is 4.37. The van der Waals surface area contributed by atoms with E-state index in [0.717, 1.165) is 36.0 Å². The summed E-state index contributed by atoms with van der Waals surface area (Å²) in [5, 5.41) is 7.59. The van der Waals surface area contributed by atoms with Crippen LogP contribution in [0.2, 0.25) is 0 Å². The van der Waals surface area contributed by atoms with Crippen molar-refractivity contribution < 1.29 is 0 Å². The van der Waals surface area contributed by atoms with Crippen LogP contribution in [0, 0.1) is 13.8 Å². The van der Waals surface area contributed by atoms with Crippen LogP contribution >= 0.6 is 0 Å². The van der Waals surface area contributed by atoms with Crippen LogP contribution in [0.5, 0.6) is 0 Å². The third kappa shape index (κ3) is 2.68. The first kappa shape index (κ1) is 11.7. The van der Waals surface area contributed by atoms with E-state index in [1.54, 1.807) is 17.1 Å². The van der Waals surface area contributed by atoms with Gasteiger partial charge in [-0.2, -0.15) is 5.10 Å². The minimum atomic E-state index is 0.751. The number of hydrogen-bond acceptors (Lipinski definition) is 4. The Labute approximate surface area is 101 Å². The van der Waals surface area contributed by atoms with Gasteiger partial charge in [0.2, 0.25) is 0 Å². The van der Waals surface area contributed by atoms with Crippen LogP contribution in [0.25, 0.3) is 5.82 Å². The number of aryl methyl sites for hydroxylation is 2. The number of rotatable bonds is 4. The Bertz CT molecular complexity index is 486. The molecule has 0 unspecified atom stereocenters. The Balaban J connectivity index is 2.20. The van der Waals surface area contributed by atoms with Crippen molar-refractivity contribution in [2.24, 2.45) is 0 Å². The van der Waals surface area contributed by atoms with Gasteiger partial charge in [0.1, 0.15) is 0 Å². The normalized spacial score (nSPS) is 10.8. The molecule has 2 rings (SSSR count). The van der Waals surface area contributed by atoms with Gasteiger partial charge in [0, 0.05) is 12.2 Å². The summed E-state index contributed by atoms with van der Waals surface area (Å²) >= 11 is 0. The Kier molecular flexibility index (Phi) is 3.49. The van der Waals surface area contributed by atoms with E-state index in [9.17, 15) is 0 Å². The lowest BCUT2D eigenvalue weighted by Crippen LogP contribution is -2.13. The quantitative estimate of drug-likeness (QED) is 0.864. The zero-order valence-electron chi connectivity index (χ0n) is 10.4. The van der Waals surface area contributed by atoms with E-state index in [1.807, 2.05) is 19.9 Å². The van der Waals surface area contributed by atoms with E-state index in [1.165, 1.54) is 0 Å². The van der Waals surface area contributed by atoms with Crippen molar-refractivity contribution in [3.8, 4) is 5.82 Å². The molecule has 0 aliphatic rings. The average Bonchev–Trinajstić information content (AvgIpc) is 2.66. The molecular formula is C12H17N5. The van der Waals surface area contributed by atoms with Crippen LogP contribution in [0.15, 0.2) is 18.5 Å². The molecule has 0 fully saturated rings. The van der Waals surface area contributed by atoms with Gasteiger partial charge in [-0.25, -0.2) is 9.67 Å². The minimum Gasteiger partial charge on any atom is -0.311 e. The number of nitrogens with one attached hydrogen (secondary N) is 1. The molecule has 0 aromatic carbocycles. The lowest BCUT2D eigenvalue weighted by atomic mass is 10.4. The number of aromatic nitrogens is 4. The van der Waals surface area contributed by atoms with Gasteiger partial charge in [0.25, 0.3) is 0 Å². The second kappa shape index (κ2) is 5.05. The number of nitrogens with zero attached hydrogens (tertiary/aromatic N) is 4. The summed E-state index contributed by atoms with van der Waals surface area (Å²) in [7, 11) is 0. The third-order valence-corrected chi connectivity index (χ3v) is 2.47. The predicted molar refractivity (Wildman–Crippen MR) is 66.0 cm³/mol. The largest absolute Gasteiger partial charge is 0.311 e. The lowest BCUT2D eigenvalue weighted by molar-refractivity contribution is 0.702. The van der Waals surface area contributed by atoms with Gasteiger partial charge in [0.05, 0.1) is 23.8 Å². The molecule has 5 nitrogen and oxygen atoms in total. The maximum absolute atomic E-state index is 4.37. The molecule has 1 N–H and O–H groups in total. The second-order valence-electron chi connectivity index (χ2n) is 3.99. The van der Waals surface area contributed by atoms with Crippen LogP contribution in [0.1, 0.15) is 24.0 Å². The molecule has 0 saturated heterocycles. The van der Waals surface area contributed by atoms with Gasteiger partial charge in [-0.05, 0) is 26.5 Å². The van der Waals surface area contributed by atoms with Crippen molar-refractivity contribution in [3.05, 3.63) is 35.5 Å². The summed E-state index contributed by atoms with van der Waals surface area (Å²) in [5.41, 5.74) is 2.99. The molecule has 2 aromatic heterocycles. The van der Waals surface area contributed by atoms with E-state index in [4.69, 9.17) is 0 Å². The molecule has 0 aliphatic heterocycles. The minimum absolute atomic E-state index is 0.751. The molecule has 2 heterocycles. The monoisotopic (exact) mass is 231 g/mol. The molecule has 0 bridgehead atoms. The topological polar surface area (TPSA) is 55.6 Å². The summed E-state index contributed by atoms with van der Waals surface area (Å²) in [6.45, 7) is 7.73. The Morgan fingerprint density at radius 2 is 2.06 bits per heavy atom. The second-order valence-corrected chi connectivity index (χ2v) is 3.99. The molecule has 0 aliphatic carbocycles. The first-order valence-corrected chi connectivity index (χ1v) is 5.76. The van der Waals surface area contributed by atoms with Crippen molar-refractivity contribution in [2.45, 2.75) is 27.3 Å².